The molecule has 2 heterocycles. The SMILES string of the molecule is CCCNC(C)c1ncc(-c2ccc(CC)s2)o1. The average molecular weight is 264 g/mol. The number of aromatic nitrogens is 1. The third kappa shape index (κ3) is 3.00. The van der Waals surface area contributed by atoms with Gasteiger partial charge in [-0.1, -0.05) is 13.8 Å². The molecule has 0 amide bonds. The van der Waals surface area contributed by atoms with Crippen molar-refractivity contribution in [1.29, 1.82) is 0 Å². The Morgan fingerprint density at radius 3 is 2.89 bits per heavy atom. The van der Waals surface area contributed by atoms with Gasteiger partial charge in [-0.05, 0) is 38.4 Å². The highest BCUT2D eigenvalue weighted by molar-refractivity contribution is 7.15. The maximum atomic E-state index is 5.82. The van der Waals surface area contributed by atoms with Crippen molar-refractivity contribution < 1.29 is 4.42 Å². The Labute approximate surface area is 112 Å². The highest BCUT2D eigenvalue weighted by Crippen LogP contribution is 2.29. The quantitative estimate of drug-likeness (QED) is 0.856. The Bertz CT molecular complexity index is 489. The van der Waals surface area contributed by atoms with E-state index in [0.29, 0.717) is 0 Å². The van der Waals surface area contributed by atoms with Crippen molar-refractivity contribution >= 4 is 11.3 Å². The van der Waals surface area contributed by atoms with E-state index in [1.807, 2.05) is 6.20 Å². The Balaban J connectivity index is 2.09. The standard InChI is InChI=1S/C14H20N2OS/c1-4-8-15-10(3)14-16-9-12(17-14)13-7-6-11(5-2)18-13/h6-7,9-10,15H,4-5,8H2,1-3H3. The molecule has 0 fully saturated rings. The molecular weight excluding hydrogens is 244 g/mol. The first kappa shape index (κ1) is 13.3. The lowest BCUT2D eigenvalue weighted by Crippen LogP contribution is -2.19. The monoisotopic (exact) mass is 264 g/mol. The molecule has 2 rings (SSSR count). The fourth-order valence-electron chi connectivity index (χ4n) is 1.75. The first-order valence-corrected chi connectivity index (χ1v) is 7.34. The van der Waals surface area contributed by atoms with Gasteiger partial charge in [0.05, 0.1) is 17.1 Å². The van der Waals surface area contributed by atoms with Crippen LogP contribution in [0.3, 0.4) is 0 Å². The normalized spacial score (nSPS) is 12.8. The summed E-state index contributed by atoms with van der Waals surface area (Å²) >= 11 is 1.77. The molecule has 0 aliphatic rings. The molecule has 1 atom stereocenters. The van der Waals surface area contributed by atoms with Crippen molar-refractivity contribution in [2.45, 2.75) is 39.7 Å². The second-order valence-corrected chi connectivity index (χ2v) is 5.53. The topological polar surface area (TPSA) is 38.1 Å². The van der Waals surface area contributed by atoms with Gasteiger partial charge in [0.15, 0.2) is 5.76 Å². The first-order chi connectivity index (χ1) is 8.74. The number of hydrogen-bond acceptors (Lipinski definition) is 4. The zero-order valence-corrected chi connectivity index (χ0v) is 12.0. The second-order valence-electron chi connectivity index (χ2n) is 4.36. The highest BCUT2D eigenvalue weighted by atomic mass is 32.1. The number of rotatable bonds is 6. The molecule has 4 heteroatoms. The highest BCUT2D eigenvalue weighted by Gasteiger charge is 2.13. The molecule has 2 aromatic rings. The van der Waals surface area contributed by atoms with E-state index in [2.05, 4.69) is 43.2 Å². The van der Waals surface area contributed by atoms with Gasteiger partial charge >= 0.3 is 0 Å². The number of hydrogen-bond donors (Lipinski definition) is 1. The van der Waals surface area contributed by atoms with Gasteiger partial charge < -0.3 is 9.73 Å². The number of nitrogens with zero attached hydrogens (tertiary/aromatic N) is 1. The van der Waals surface area contributed by atoms with Gasteiger partial charge in [-0.25, -0.2) is 4.98 Å². The van der Waals surface area contributed by atoms with Crippen LogP contribution in [0.25, 0.3) is 10.6 Å². The van der Waals surface area contributed by atoms with E-state index < -0.39 is 0 Å². The number of aryl methyl sites for hydroxylation is 1. The second kappa shape index (κ2) is 6.16. The molecule has 2 aromatic heterocycles. The van der Waals surface area contributed by atoms with Crippen LogP contribution in [0.5, 0.6) is 0 Å². The first-order valence-electron chi connectivity index (χ1n) is 6.52. The Hall–Kier alpha value is -1.13. The molecule has 0 radical (unpaired) electrons. The third-order valence-electron chi connectivity index (χ3n) is 2.85. The predicted octanol–water partition coefficient (Wildman–Crippen LogP) is 4.03. The fraction of sp³-hybridized carbons (Fsp3) is 0.500. The van der Waals surface area contributed by atoms with Crippen LogP contribution in [-0.4, -0.2) is 11.5 Å². The molecule has 3 nitrogen and oxygen atoms in total. The van der Waals surface area contributed by atoms with Crippen molar-refractivity contribution in [3.05, 3.63) is 29.1 Å². The van der Waals surface area contributed by atoms with E-state index in [1.54, 1.807) is 11.3 Å². The molecule has 0 aliphatic carbocycles. The zero-order chi connectivity index (χ0) is 13.0. The third-order valence-corrected chi connectivity index (χ3v) is 4.09. The number of nitrogens with one attached hydrogen (secondary N) is 1. The minimum Gasteiger partial charge on any atom is -0.438 e. The van der Waals surface area contributed by atoms with Crippen LogP contribution in [0.1, 0.15) is 44.0 Å². The molecule has 0 bridgehead atoms. The minimum absolute atomic E-state index is 0.171. The van der Waals surface area contributed by atoms with Gasteiger partial charge in [-0.3, -0.25) is 0 Å². The molecule has 0 saturated carbocycles. The van der Waals surface area contributed by atoms with Crippen LogP contribution in [0, 0.1) is 0 Å². The summed E-state index contributed by atoms with van der Waals surface area (Å²) in [6.45, 7) is 7.38. The van der Waals surface area contributed by atoms with Gasteiger partial charge in [0.25, 0.3) is 0 Å². The van der Waals surface area contributed by atoms with Crippen molar-refractivity contribution in [2.24, 2.45) is 0 Å². The van der Waals surface area contributed by atoms with Gasteiger partial charge in [-0.15, -0.1) is 11.3 Å². The van der Waals surface area contributed by atoms with Crippen molar-refractivity contribution in [1.82, 2.24) is 10.3 Å². The van der Waals surface area contributed by atoms with E-state index in [-0.39, 0.29) is 6.04 Å². The summed E-state index contributed by atoms with van der Waals surface area (Å²) in [6, 6.07) is 4.43. The lowest BCUT2D eigenvalue weighted by atomic mass is 10.3. The Morgan fingerprint density at radius 1 is 1.39 bits per heavy atom. The van der Waals surface area contributed by atoms with Crippen LogP contribution < -0.4 is 5.32 Å². The summed E-state index contributed by atoms with van der Waals surface area (Å²) in [5.74, 6) is 1.64. The summed E-state index contributed by atoms with van der Waals surface area (Å²) in [5, 5.41) is 3.38. The smallest absolute Gasteiger partial charge is 0.211 e. The Morgan fingerprint density at radius 2 is 2.22 bits per heavy atom. The molecule has 98 valence electrons. The number of oxazole rings is 1. The molecule has 0 aromatic carbocycles. The lowest BCUT2D eigenvalue weighted by molar-refractivity contribution is 0.423. The van der Waals surface area contributed by atoms with Crippen LogP contribution >= 0.6 is 11.3 Å². The molecule has 0 saturated heterocycles. The van der Waals surface area contributed by atoms with E-state index in [0.717, 1.165) is 35.9 Å². The van der Waals surface area contributed by atoms with Gasteiger partial charge in [-0.2, -0.15) is 0 Å². The fourth-order valence-corrected chi connectivity index (χ4v) is 2.64. The van der Waals surface area contributed by atoms with Crippen LogP contribution in [0.2, 0.25) is 0 Å². The maximum Gasteiger partial charge on any atom is 0.211 e. The Kier molecular flexibility index (Phi) is 4.55. The summed E-state index contributed by atoms with van der Waals surface area (Å²) in [5.41, 5.74) is 0. The van der Waals surface area contributed by atoms with Crippen LogP contribution in [-0.2, 0) is 6.42 Å². The molecule has 18 heavy (non-hydrogen) atoms. The van der Waals surface area contributed by atoms with Gasteiger partial charge in [0.1, 0.15) is 0 Å². The van der Waals surface area contributed by atoms with E-state index in [9.17, 15) is 0 Å². The van der Waals surface area contributed by atoms with E-state index in [1.165, 1.54) is 4.88 Å². The van der Waals surface area contributed by atoms with Gasteiger partial charge in [0.2, 0.25) is 5.89 Å². The average Bonchev–Trinajstić information content (AvgIpc) is 3.03. The molecule has 0 spiro atoms. The minimum atomic E-state index is 0.171. The largest absolute Gasteiger partial charge is 0.438 e. The molecular formula is C14H20N2OS. The molecule has 1 N–H and O–H groups in total. The predicted molar refractivity (Wildman–Crippen MR) is 75.9 cm³/mol. The maximum absolute atomic E-state index is 5.82. The summed E-state index contributed by atoms with van der Waals surface area (Å²) < 4.78 is 5.82. The molecule has 1 unspecified atom stereocenters. The van der Waals surface area contributed by atoms with Crippen molar-refractivity contribution in [3.63, 3.8) is 0 Å². The zero-order valence-electron chi connectivity index (χ0n) is 11.2. The van der Waals surface area contributed by atoms with Crippen molar-refractivity contribution in [3.8, 4) is 10.6 Å². The van der Waals surface area contributed by atoms with Gasteiger partial charge in [0, 0.05) is 4.88 Å². The summed E-state index contributed by atoms with van der Waals surface area (Å²) in [6.07, 6.45) is 4.01. The van der Waals surface area contributed by atoms with Crippen molar-refractivity contribution in [2.75, 3.05) is 6.54 Å². The lowest BCUT2D eigenvalue weighted by Gasteiger charge is -2.08. The van der Waals surface area contributed by atoms with E-state index in [4.69, 9.17) is 4.42 Å². The van der Waals surface area contributed by atoms with E-state index >= 15 is 0 Å². The molecule has 0 aliphatic heterocycles. The van der Waals surface area contributed by atoms with Crippen LogP contribution in [0.4, 0.5) is 0 Å². The van der Waals surface area contributed by atoms with Crippen LogP contribution in [0.15, 0.2) is 22.7 Å². The number of thiophene rings is 1. The summed E-state index contributed by atoms with van der Waals surface area (Å²) in [7, 11) is 0. The summed E-state index contributed by atoms with van der Waals surface area (Å²) in [4.78, 5) is 6.89.